The van der Waals surface area contributed by atoms with Gasteiger partial charge in [-0.3, -0.25) is 24.2 Å². The Bertz CT molecular complexity index is 739. The third-order valence-electron chi connectivity index (χ3n) is 4.98. The zero-order chi connectivity index (χ0) is 19.9. The second-order valence-electron chi connectivity index (χ2n) is 7.21. The molecule has 150 valence electrons. The van der Waals surface area contributed by atoms with Crippen LogP contribution in [0.25, 0.3) is 0 Å². The van der Waals surface area contributed by atoms with E-state index in [1.165, 1.54) is 0 Å². The predicted octanol–water partition coefficient (Wildman–Crippen LogP) is -1.02. The second-order valence-corrected chi connectivity index (χ2v) is 7.21. The smallest absolute Gasteiger partial charge is 0.239 e. The van der Waals surface area contributed by atoms with E-state index in [1.807, 2.05) is 6.07 Å². The molecule has 2 unspecified atom stereocenters. The number of carbonyl (C=O) groups is 4. The van der Waals surface area contributed by atoms with Crippen LogP contribution in [0.4, 0.5) is 0 Å². The normalized spacial score (nSPS) is 24.6. The number of carbonyl (C=O) groups excluding carboxylic acids is 4. The first-order valence-electron chi connectivity index (χ1n) is 9.51. The van der Waals surface area contributed by atoms with Crippen LogP contribution >= 0.6 is 0 Å². The number of rotatable bonds is 2. The van der Waals surface area contributed by atoms with Crippen molar-refractivity contribution in [3.05, 3.63) is 30.1 Å². The standard InChI is InChI=1S/C19H25N5O4/c25-16-8-14(7-13-3-1-5-20-9-13)19(28)24-6-2-4-15(12-24)23-18(27)11-22-17(26)10-21-16/h1,3,5,9,14-15H,2,4,6-8,10-12H2,(H,21,25)(H,22,26)(H,23,27). The molecule has 2 aliphatic rings. The summed E-state index contributed by atoms with van der Waals surface area (Å²) in [5.41, 5.74) is 0.870. The van der Waals surface area contributed by atoms with Gasteiger partial charge in [0.05, 0.1) is 19.0 Å². The summed E-state index contributed by atoms with van der Waals surface area (Å²) in [4.78, 5) is 55.1. The molecule has 0 spiro atoms. The van der Waals surface area contributed by atoms with Gasteiger partial charge in [-0.2, -0.15) is 0 Å². The van der Waals surface area contributed by atoms with Crippen molar-refractivity contribution in [1.29, 1.82) is 0 Å². The number of piperidine rings is 1. The first-order valence-corrected chi connectivity index (χ1v) is 9.51. The maximum absolute atomic E-state index is 13.2. The molecule has 2 atom stereocenters. The Hall–Kier alpha value is -2.97. The fraction of sp³-hybridized carbons (Fsp3) is 0.526. The molecular formula is C19H25N5O4. The predicted molar refractivity (Wildman–Crippen MR) is 99.8 cm³/mol. The molecule has 0 saturated carbocycles. The average Bonchev–Trinajstić information content (AvgIpc) is 2.70. The number of pyridine rings is 1. The van der Waals surface area contributed by atoms with Gasteiger partial charge >= 0.3 is 0 Å². The molecule has 2 bridgehead atoms. The summed E-state index contributed by atoms with van der Waals surface area (Å²) in [6, 6.07) is 3.51. The van der Waals surface area contributed by atoms with Crippen LogP contribution in [0.5, 0.6) is 0 Å². The molecule has 9 heteroatoms. The number of nitrogens with one attached hydrogen (secondary N) is 3. The number of aromatic nitrogens is 1. The zero-order valence-electron chi connectivity index (χ0n) is 15.6. The van der Waals surface area contributed by atoms with E-state index in [2.05, 4.69) is 20.9 Å². The van der Waals surface area contributed by atoms with E-state index >= 15 is 0 Å². The summed E-state index contributed by atoms with van der Waals surface area (Å²) in [5.74, 6) is -1.78. The summed E-state index contributed by atoms with van der Waals surface area (Å²) in [7, 11) is 0. The highest BCUT2D eigenvalue weighted by Crippen LogP contribution is 2.19. The minimum absolute atomic E-state index is 0.00542. The van der Waals surface area contributed by atoms with Crippen molar-refractivity contribution in [2.75, 3.05) is 26.2 Å². The molecule has 1 aromatic rings. The minimum atomic E-state index is -0.551. The number of amides is 4. The fourth-order valence-corrected chi connectivity index (χ4v) is 3.60. The van der Waals surface area contributed by atoms with E-state index in [1.54, 1.807) is 23.4 Å². The summed E-state index contributed by atoms with van der Waals surface area (Å²) in [6.45, 7) is 0.632. The quantitative estimate of drug-likeness (QED) is 0.600. The first-order chi connectivity index (χ1) is 13.5. The Balaban J connectivity index is 1.79. The van der Waals surface area contributed by atoms with Crippen LogP contribution in [0.2, 0.25) is 0 Å². The Morgan fingerprint density at radius 3 is 2.64 bits per heavy atom. The topological polar surface area (TPSA) is 120 Å². The van der Waals surface area contributed by atoms with E-state index in [4.69, 9.17) is 0 Å². The van der Waals surface area contributed by atoms with E-state index in [9.17, 15) is 19.2 Å². The molecule has 2 saturated heterocycles. The molecule has 0 aliphatic carbocycles. The Morgan fingerprint density at radius 2 is 1.86 bits per heavy atom. The summed E-state index contributed by atoms with van der Waals surface area (Å²) >= 11 is 0. The number of hydrogen-bond donors (Lipinski definition) is 3. The van der Waals surface area contributed by atoms with Crippen LogP contribution in [0.1, 0.15) is 24.8 Å². The van der Waals surface area contributed by atoms with Crippen LogP contribution in [0.15, 0.2) is 24.5 Å². The van der Waals surface area contributed by atoms with Crippen LogP contribution in [0.3, 0.4) is 0 Å². The van der Waals surface area contributed by atoms with Gasteiger partial charge in [0.1, 0.15) is 0 Å². The van der Waals surface area contributed by atoms with Gasteiger partial charge in [0.25, 0.3) is 0 Å². The van der Waals surface area contributed by atoms with Crippen molar-refractivity contribution >= 4 is 23.6 Å². The van der Waals surface area contributed by atoms with Crippen LogP contribution in [-0.2, 0) is 25.6 Å². The van der Waals surface area contributed by atoms with Gasteiger partial charge in [-0.15, -0.1) is 0 Å². The van der Waals surface area contributed by atoms with Crippen molar-refractivity contribution in [3.63, 3.8) is 0 Å². The molecule has 3 heterocycles. The molecule has 9 nitrogen and oxygen atoms in total. The highest BCUT2D eigenvalue weighted by molar-refractivity contribution is 5.90. The molecule has 3 rings (SSSR count). The lowest BCUT2D eigenvalue weighted by Crippen LogP contribution is -2.53. The lowest BCUT2D eigenvalue weighted by Gasteiger charge is -2.35. The number of nitrogens with zero attached hydrogens (tertiary/aromatic N) is 2. The van der Waals surface area contributed by atoms with Crippen molar-refractivity contribution in [2.24, 2.45) is 5.92 Å². The average molecular weight is 387 g/mol. The van der Waals surface area contributed by atoms with Gasteiger partial charge in [0.2, 0.25) is 23.6 Å². The van der Waals surface area contributed by atoms with Crippen LogP contribution in [0, 0.1) is 5.92 Å². The highest BCUT2D eigenvalue weighted by atomic mass is 16.2. The fourth-order valence-electron chi connectivity index (χ4n) is 3.60. The SMILES string of the molecule is O=C1CNC(=O)CC(Cc2cccnc2)C(=O)N2CCCC(C2)NC(=O)CN1. The van der Waals surface area contributed by atoms with E-state index in [0.717, 1.165) is 18.4 Å². The summed E-state index contributed by atoms with van der Waals surface area (Å²) in [5, 5.41) is 7.88. The van der Waals surface area contributed by atoms with Gasteiger partial charge in [-0.25, -0.2) is 0 Å². The third kappa shape index (κ3) is 5.51. The Kier molecular flexibility index (Phi) is 6.57. The molecule has 3 N–H and O–H groups in total. The van der Waals surface area contributed by atoms with Crippen molar-refractivity contribution in [3.8, 4) is 0 Å². The van der Waals surface area contributed by atoms with Gasteiger partial charge < -0.3 is 20.9 Å². The molecule has 1 aromatic heterocycles. The second kappa shape index (κ2) is 9.29. The van der Waals surface area contributed by atoms with Gasteiger partial charge in [-0.1, -0.05) is 6.07 Å². The van der Waals surface area contributed by atoms with Crippen LogP contribution < -0.4 is 16.0 Å². The van der Waals surface area contributed by atoms with Crippen molar-refractivity contribution in [1.82, 2.24) is 25.8 Å². The molecular weight excluding hydrogens is 362 g/mol. The van der Waals surface area contributed by atoms with Crippen molar-refractivity contribution < 1.29 is 19.2 Å². The Morgan fingerprint density at radius 1 is 1.07 bits per heavy atom. The van der Waals surface area contributed by atoms with Gasteiger partial charge in [0, 0.05) is 37.9 Å². The van der Waals surface area contributed by atoms with E-state index in [0.29, 0.717) is 19.5 Å². The molecule has 2 fully saturated rings. The summed E-state index contributed by atoms with van der Waals surface area (Å²) < 4.78 is 0. The van der Waals surface area contributed by atoms with Crippen molar-refractivity contribution in [2.45, 2.75) is 31.7 Å². The first kappa shape index (κ1) is 19.8. The highest BCUT2D eigenvalue weighted by Gasteiger charge is 2.31. The molecule has 4 amide bonds. The van der Waals surface area contributed by atoms with E-state index < -0.39 is 11.8 Å². The molecule has 2 aliphatic heterocycles. The Labute approximate surface area is 163 Å². The maximum atomic E-state index is 13.2. The lowest BCUT2D eigenvalue weighted by molar-refractivity contribution is -0.140. The molecule has 0 radical (unpaired) electrons. The zero-order valence-corrected chi connectivity index (χ0v) is 15.6. The molecule has 28 heavy (non-hydrogen) atoms. The number of fused-ring (bicyclic) bond motifs is 2. The minimum Gasteiger partial charge on any atom is -0.350 e. The third-order valence-corrected chi connectivity index (χ3v) is 4.98. The van der Waals surface area contributed by atoms with E-state index in [-0.39, 0.29) is 43.3 Å². The van der Waals surface area contributed by atoms with Crippen LogP contribution in [-0.4, -0.2) is 65.7 Å². The van der Waals surface area contributed by atoms with Gasteiger partial charge in [-0.05, 0) is 30.9 Å². The van der Waals surface area contributed by atoms with Gasteiger partial charge in [0.15, 0.2) is 0 Å². The number of hydrogen-bond acceptors (Lipinski definition) is 5. The lowest BCUT2D eigenvalue weighted by atomic mass is 9.93. The molecule has 0 aromatic carbocycles. The monoisotopic (exact) mass is 387 g/mol. The largest absolute Gasteiger partial charge is 0.350 e. The summed E-state index contributed by atoms with van der Waals surface area (Å²) in [6.07, 6.45) is 5.27. The maximum Gasteiger partial charge on any atom is 0.239 e.